The van der Waals surface area contributed by atoms with Crippen molar-refractivity contribution in [3.63, 3.8) is 0 Å². The van der Waals surface area contributed by atoms with E-state index in [2.05, 4.69) is 94.8 Å². The van der Waals surface area contributed by atoms with Gasteiger partial charge in [0.15, 0.2) is 0 Å². The molecule has 5 heterocycles. The Morgan fingerprint density at radius 2 is 1.64 bits per heavy atom. The van der Waals surface area contributed by atoms with E-state index in [4.69, 9.17) is 4.98 Å². The summed E-state index contributed by atoms with van der Waals surface area (Å²) in [5.41, 5.74) is 3.35. The monoisotopic (exact) mass is 649 g/mol. The van der Waals surface area contributed by atoms with E-state index in [1.807, 2.05) is 27.6 Å². The number of carbonyl (C=O) groups excluding carboxylic acids is 2. The van der Waals surface area contributed by atoms with Gasteiger partial charge in [-0.05, 0) is 42.1 Å². The predicted molar refractivity (Wildman–Crippen MR) is 187 cm³/mol. The van der Waals surface area contributed by atoms with E-state index in [9.17, 15) is 9.59 Å². The van der Waals surface area contributed by atoms with Gasteiger partial charge < -0.3 is 23.8 Å². The summed E-state index contributed by atoms with van der Waals surface area (Å²) in [5, 5.41) is 5.21. The number of hydrogen-bond donors (Lipinski definition) is 0. The molecule has 10 heteroatoms. The summed E-state index contributed by atoms with van der Waals surface area (Å²) >= 11 is 1.57. The topological polar surface area (TPSA) is 79.5 Å². The Kier molecular flexibility index (Phi) is 8.96. The fraction of sp³-hybridized carbons (Fsp3) is 0.405. The third-order valence-electron chi connectivity index (χ3n) is 9.70. The maximum absolute atomic E-state index is 14.0. The summed E-state index contributed by atoms with van der Waals surface area (Å²) in [6, 6.07) is 14.7. The number of aromatic nitrogens is 4. The number of amides is 2. The lowest BCUT2D eigenvalue weighted by molar-refractivity contribution is 0.0662. The minimum Gasteiger partial charge on any atom is -0.345 e. The second-order valence-corrected chi connectivity index (χ2v) is 14.2. The maximum Gasteiger partial charge on any atom is 0.273 e. The van der Waals surface area contributed by atoms with Crippen molar-refractivity contribution in [3.05, 3.63) is 94.7 Å². The Balaban J connectivity index is 1.08. The summed E-state index contributed by atoms with van der Waals surface area (Å²) in [6.45, 7) is 10.3. The molecule has 7 rings (SSSR count). The zero-order chi connectivity index (χ0) is 32.5. The zero-order valence-corrected chi connectivity index (χ0v) is 28.3. The van der Waals surface area contributed by atoms with Crippen LogP contribution in [0, 0.1) is 5.92 Å². The summed E-state index contributed by atoms with van der Waals surface area (Å²) in [7, 11) is 2.11. The average molecular weight is 650 g/mol. The molecule has 5 aromatic rings. The van der Waals surface area contributed by atoms with Gasteiger partial charge in [-0.2, -0.15) is 0 Å². The van der Waals surface area contributed by atoms with Crippen LogP contribution in [0.15, 0.2) is 72.6 Å². The van der Waals surface area contributed by atoms with Crippen molar-refractivity contribution in [2.45, 2.75) is 45.7 Å². The van der Waals surface area contributed by atoms with E-state index in [0.29, 0.717) is 24.1 Å². The van der Waals surface area contributed by atoms with Gasteiger partial charge in [0.25, 0.3) is 11.8 Å². The van der Waals surface area contributed by atoms with Crippen LogP contribution in [0.2, 0.25) is 0 Å². The number of rotatable bonds is 8. The third-order valence-corrected chi connectivity index (χ3v) is 10.8. The van der Waals surface area contributed by atoms with Gasteiger partial charge in [0.05, 0.1) is 17.1 Å². The first kappa shape index (κ1) is 31.3. The van der Waals surface area contributed by atoms with Gasteiger partial charge in [0, 0.05) is 87.5 Å². The minimum absolute atomic E-state index is 0.0476. The number of nitrogens with zero attached hydrogens (tertiary/aromatic N) is 7. The fourth-order valence-electron chi connectivity index (χ4n) is 6.86. The average Bonchev–Trinajstić information content (AvgIpc) is 3.86. The minimum atomic E-state index is 0.0476. The van der Waals surface area contributed by atoms with Gasteiger partial charge in [-0.15, -0.1) is 11.3 Å². The van der Waals surface area contributed by atoms with Crippen molar-refractivity contribution in [3.8, 4) is 11.1 Å². The SMILES string of the molecule is CC(C)c1nc(C(=O)N2CCC(Cn3ccnc3Cn3cc(C(=O)N4CCN(C)CC4)c(-c4cccc5ccccc45)c3)CC2)cs1. The first-order chi connectivity index (χ1) is 22.8. The van der Waals surface area contributed by atoms with Crippen LogP contribution in [0.5, 0.6) is 0 Å². The Morgan fingerprint density at radius 1 is 0.894 bits per heavy atom. The number of fused-ring (bicyclic) bond motifs is 1. The van der Waals surface area contributed by atoms with Gasteiger partial charge in [-0.1, -0.05) is 56.3 Å². The van der Waals surface area contributed by atoms with Gasteiger partial charge in [-0.3, -0.25) is 9.59 Å². The molecule has 0 unspecified atom stereocenters. The van der Waals surface area contributed by atoms with E-state index in [1.165, 1.54) is 0 Å². The number of piperazine rings is 1. The van der Waals surface area contributed by atoms with Crippen molar-refractivity contribution < 1.29 is 9.59 Å². The smallest absolute Gasteiger partial charge is 0.273 e. The highest BCUT2D eigenvalue weighted by Crippen LogP contribution is 2.33. The summed E-state index contributed by atoms with van der Waals surface area (Å²) in [6.07, 6.45) is 9.96. The first-order valence-electron chi connectivity index (χ1n) is 16.7. The molecule has 0 bridgehead atoms. The molecule has 244 valence electrons. The molecule has 2 saturated heterocycles. The van der Waals surface area contributed by atoms with E-state index in [-0.39, 0.29) is 11.8 Å². The molecule has 2 aliphatic rings. The maximum atomic E-state index is 14.0. The Hall–Kier alpha value is -4.28. The van der Waals surface area contributed by atoms with Crippen molar-refractivity contribution in [1.82, 2.24) is 33.8 Å². The Bertz CT molecular complexity index is 1870. The van der Waals surface area contributed by atoms with Gasteiger partial charge in [0.1, 0.15) is 11.5 Å². The van der Waals surface area contributed by atoms with Crippen molar-refractivity contribution >= 4 is 33.9 Å². The normalized spacial score (nSPS) is 16.4. The predicted octanol–water partition coefficient (Wildman–Crippen LogP) is 6.07. The van der Waals surface area contributed by atoms with Crippen LogP contribution < -0.4 is 0 Å². The number of hydrogen-bond acceptors (Lipinski definition) is 6. The molecule has 2 amide bonds. The van der Waals surface area contributed by atoms with Crippen LogP contribution in [-0.4, -0.2) is 91.9 Å². The van der Waals surface area contributed by atoms with Crippen molar-refractivity contribution in [1.29, 1.82) is 0 Å². The van der Waals surface area contributed by atoms with Crippen LogP contribution >= 0.6 is 11.3 Å². The van der Waals surface area contributed by atoms with Crippen molar-refractivity contribution in [2.24, 2.45) is 5.92 Å². The molecule has 0 saturated carbocycles. The highest BCUT2D eigenvalue weighted by molar-refractivity contribution is 7.09. The first-order valence-corrected chi connectivity index (χ1v) is 17.6. The molecule has 2 fully saturated rings. The molecule has 0 spiro atoms. The van der Waals surface area contributed by atoms with Crippen LogP contribution in [0.4, 0.5) is 0 Å². The number of thiazole rings is 1. The highest BCUT2D eigenvalue weighted by atomic mass is 32.1. The second-order valence-electron chi connectivity index (χ2n) is 13.3. The number of likely N-dealkylation sites (tertiary alicyclic amines) is 1. The van der Waals surface area contributed by atoms with Crippen LogP contribution in [0.1, 0.15) is 64.3 Å². The number of likely N-dealkylation sites (N-methyl/N-ethyl adjacent to an activating group) is 1. The summed E-state index contributed by atoms with van der Waals surface area (Å²) < 4.78 is 4.37. The van der Waals surface area contributed by atoms with E-state index >= 15 is 0 Å². The summed E-state index contributed by atoms with van der Waals surface area (Å²) in [4.78, 5) is 42.7. The molecule has 0 radical (unpaired) electrons. The second kappa shape index (κ2) is 13.4. The molecule has 0 N–H and O–H groups in total. The number of piperidine rings is 1. The van der Waals surface area contributed by atoms with E-state index < -0.39 is 0 Å². The molecule has 47 heavy (non-hydrogen) atoms. The highest BCUT2D eigenvalue weighted by Gasteiger charge is 2.27. The fourth-order valence-corrected chi connectivity index (χ4v) is 7.66. The van der Waals surface area contributed by atoms with Gasteiger partial charge in [-0.25, -0.2) is 9.97 Å². The van der Waals surface area contributed by atoms with Crippen LogP contribution in [0.25, 0.3) is 21.9 Å². The molecule has 0 atom stereocenters. The zero-order valence-electron chi connectivity index (χ0n) is 27.5. The molecular weight excluding hydrogens is 607 g/mol. The number of benzene rings is 2. The lowest BCUT2D eigenvalue weighted by Gasteiger charge is -2.32. The lowest BCUT2D eigenvalue weighted by Crippen LogP contribution is -2.47. The number of imidazole rings is 1. The molecular formula is C37H43N7O2S. The van der Waals surface area contributed by atoms with E-state index in [0.717, 1.165) is 96.9 Å². The van der Waals surface area contributed by atoms with Gasteiger partial charge >= 0.3 is 0 Å². The molecule has 3 aromatic heterocycles. The third kappa shape index (κ3) is 6.62. The molecule has 2 aromatic carbocycles. The number of carbonyl (C=O) groups is 2. The molecule has 9 nitrogen and oxygen atoms in total. The largest absolute Gasteiger partial charge is 0.345 e. The van der Waals surface area contributed by atoms with Crippen LogP contribution in [0.3, 0.4) is 0 Å². The molecule has 0 aliphatic carbocycles. The molecule has 2 aliphatic heterocycles. The van der Waals surface area contributed by atoms with Gasteiger partial charge in [0.2, 0.25) is 0 Å². The van der Waals surface area contributed by atoms with E-state index in [1.54, 1.807) is 11.3 Å². The van der Waals surface area contributed by atoms with Crippen molar-refractivity contribution in [2.75, 3.05) is 46.3 Å². The standard InChI is InChI=1S/C37H43N7O2S/c1-26(2)35-39-33(25-47-35)37(46)42-14-11-27(12-15-42)21-44-16-13-38-34(44)24-41-22-31(30-10-6-8-28-7-4-5-9-29(28)30)32(23-41)36(45)43-19-17-40(3)18-20-43/h4-10,13,16,22-23,25-27H,11-12,14-15,17-21,24H2,1-3H3. The quantitative estimate of drug-likeness (QED) is 0.204. The lowest BCUT2D eigenvalue weighted by atomic mass is 9.96. The summed E-state index contributed by atoms with van der Waals surface area (Å²) in [5.74, 6) is 1.88. The Morgan fingerprint density at radius 3 is 2.40 bits per heavy atom. The Labute approximate surface area is 280 Å². The van der Waals surface area contributed by atoms with Crippen LogP contribution in [-0.2, 0) is 13.1 Å².